The largest absolute Gasteiger partial charge is 0.368 e. The fourth-order valence-electron chi connectivity index (χ4n) is 2.99. The molecular formula is C16H33N3O. The molecule has 0 aliphatic heterocycles. The molecule has 1 unspecified atom stereocenters. The number of nitrogens with two attached hydrogens (primary N) is 1. The number of nitrogens with one attached hydrogen (secondary N) is 1. The predicted octanol–water partition coefficient (Wildman–Crippen LogP) is 2.13. The molecule has 0 bridgehead atoms. The van der Waals surface area contributed by atoms with Crippen LogP contribution in [0, 0.1) is 5.92 Å². The summed E-state index contributed by atoms with van der Waals surface area (Å²) in [5.41, 5.74) is 5.25. The lowest BCUT2D eigenvalue weighted by Gasteiger charge is -2.39. The monoisotopic (exact) mass is 283 g/mol. The number of carbonyl (C=O) groups is 1. The van der Waals surface area contributed by atoms with E-state index in [4.69, 9.17) is 5.73 Å². The third-order valence-corrected chi connectivity index (χ3v) is 4.44. The molecule has 0 radical (unpaired) electrons. The summed E-state index contributed by atoms with van der Waals surface area (Å²) in [6, 6.07) is 0.447. The number of rotatable bonds is 11. The van der Waals surface area contributed by atoms with Gasteiger partial charge in [0.05, 0.1) is 0 Å². The summed E-state index contributed by atoms with van der Waals surface area (Å²) in [4.78, 5) is 14.5. The van der Waals surface area contributed by atoms with Crippen molar-refractivity contribution in [1.29, 1.82) is 0 Å². The van der Waals surface area contributed by atoms with E-state index in [-0.39, 0.29) is 5.91 Å². The van der Waals surface area contributed by atoms with Gasteiger partial charge < -0.3 is 11.1 Å². The van der Waals surface area contributed by atoms with E-state index in [1.54, 1.807) is 0 Å². The van der Waals surface area contributed by atoms with Crippen molar-refractivity contribution in [2.24, 2.45) is 11.7 Å². The number of amides is 1. The number of hydrogen-bond donors (Lipinski definition) is 2. The lowest BCUT2D eigenvalue weighted by molar-refractivity contribution is -0.126. The maximum Gasteiger partial charge on any atom is 0.239 e. The summed E-state index contributed by atoms with van der Waals surface area (Å²) in [6.45, 7) is 11.3. The molecule has 0 heterocycles. The van der Waals surface area contributed by atoms with Gasteiger partial charge >= 0.3 is 0 Å². The van der Waals surface area contributed by atoms with E-state index < -0.39 is 5.54 Å². The minimum Gasteiger partial charge on any atom is -0.368 e. The van der Waals surface area contributed by atoms with E-state index in [1.165, 1.54) is 19.3 Å². The quantitative estimate of drug-likeness (QED) is 0.571. The molecule has 118 valence electrons. The Morgan fingerprint density at radius 2 is 2.00 bits per heavy atom. The van der Waals surface area contributed by atoms with E-state index in [0.717, 1.165) is 32.5 Å². The first-order valence-corrected chi connectivity index (χ1v) is 8.26. The van der Waals surface area contributed by atoms with Crippen molar-refractivity contribution >= 4 is 5.91 Å². The third-order valence-electron chi connectivity index (χ3n) is 4.44. The Labute approximate surface area is 124 Å². The molecule has 0 aromatic rings. The summed E-state index contributed by atoms with van der Waals surface area (Å²) in [6.07, 6.45) is 5.91. The van der Waals surface area contributed by atoms with Gasteiger partial charge in [-0.1, -0.05) is 26.7 Å². The number of hydrogen-bond acceptors (Lipinski definition) is 3. The number of unbranched alkanes of at least 4 members (excludes halogenated alkanes) is 2. The minimum absolute atomic E-state index is 0.178. The maximum atomic E-state index is 12.1. The van der Waals surface area contributed by atoms with Gasteiger partial charge in [0, 0.05) is 12.6 Å². The Morgan fingerprint density at radius 3 is 2.40 bits per heavy atom. The van der Waals surface area contributed by atoms with Gasteiger partial charge in [-0.05, 0) is 52.1 Å². The molecule has 1 amide bonds. The Hall–Kier alpha value is -0.610. The molecule has 1 aliphatic rings. The first-order valence-electron chi connectivity index (χ1n) is 8.26. The van der Waals surface area contributed by atoms with Crippen molar-refractivity contribution < 1.29 is 4.79 Å². The number of primary amides is 1. The van der Waals surface area contributed by atoms with Crippen molar-refractivity contribution in [3.63, 3.8) is 0 Å². The van der Waals surface area contributed by atoms with Gasteiger partial charge in [-0.25, -0.2) is 0 Å². The van der Waals surface area contributed by atoms with Crippen LogP contribution in [0.4, 0.5) is 0 Å². The fourth-order valence-corrected chi connectivity index (χ4v) is 2.99. The average Bonchev–Trinajstić information content (AvgIpc) is 3.20. The predicted molar refractivity (Wildman–Crippen MR) is 84.6 cm³/mol. The van der Waals surface area contributed by atoms with Crippen molar-refractivity contribution in [1.82, 2.24) is 10.2 Å². The molecule has 4 nitrogen and oxygen atoms in total. The van der Waals surface area contributed by atoms with Crippen molar-refractivity contribution in [3.8, 4) is 0 Å². The second-order valence-corrected chi connectivity index (χ2v) is 6.41. The second kappa shape index (κ2) is 7.99. The van der Waals surface area contributed by atoms with E-state index in [0.29, 0.717) is 12.0 Å². The Bertz CT molecular complexity index is 302. The molecule has 1 fully saturated rings. The third kappa shape index (κ3) is 4.45. The SMILES string of the molecule is CCCCCN(CC(NCC)(C(N)=O)C1CC1)C(C)C. The minimum atomic E-state index is -0.523. The topological polar surface area (TPSA) is 58.4 Å². The summed E-state index contributed by atoms with van der Waals surface area (Å²) >= 11 is 0. The number of nitrogens with zero attached hydrogens (tertiary/aromatic N) is 1. The van der Waals surface area contributed by atoms with Gasteiger partial charge in [0.1, 0.15) is 5.54 Å². The van der Waals surface area contributed by atoms with Gasteiger partial charge in [0.25, 0.3) is 0 Å². The summed E-state index contributed by atoms with van der Waals surface area (Å²) in [5.74, 6) is 0.246. The van der Waals surface area contributed by atoms with Gasteiger partial charge in [-0.15, -0.1) is 0 Å². The van der Waals surface area contributed by atoms with Crippen LogP contribution in [0.5, 0.6) is 0 Å². The smallest absolute Gasteiger partial charge is 0.239 e. The van der Waals surface area contributed by atoms with Crippen LogP contribution >= 0.6 is 0 Å². The van der Waals surface area contributed by atoms with Gasteiger partial charge in [-0.2, -0.15) is 0 Å². The Morgan fingerprint density at radius 1 is 1.35 bits per heavy atom. The first-order chi connectivity index (χ1) is 9.47. The van der Waals surface area contributed by atoms with Crippen molar-refractivity contribution in [3.05, 3.63) is 0 Å². The van der Waals surface area contributed by atoms with Crippen molar-refractivity contribution in [2.45, 2.75) is 71.4 Å². The van der Waals surface area contributed by atoms with Gasteiger partial charge in [-0.3, -0.25) is 9.69 Å². The Kier molecular flexibility index (Phi) is 6.96. The van der Waals surface area contributed by atoms with E-state index >= 15 is 0 Å². The second-order valence-electron chi connectivity index (χ2n) is 6.41. The summed E-state index contributed by atoms with van der Waals surface area (Å²) in [7, 11) is 0. The molecule has 0 aromatic heterocycles. The highest BCUT2D eigenvalue weighted by Gasteiger charge is 2.50. The van der Waals surface area contributed by atoms with Crippen LogP contribution in [0.2, 0.25) is 0 Å². The standard InChI is InChI=1S/C16H33N3O/c1-5-7-8-11-19(13(3)4)12-16(15(17)20,18-6-2)14-9-10-14/h13-14,18H,5-12H2,1-4H3,(H2,17,20). The molecule has 4 heteroatoms. The molecule has 1 aliphatic carbocycles. The normalized spacial score (nSPS) is 18.5. The Balaban J connectivity index is 2.75. The fraction of sp³-hybridized carbons (Fsp3) is 0.938. The van der Waals surface area contributed by atoms with Crippen LogP contribution in [-0.4, -0.2) is 42.0 Å². The number of likely N-dealkylation sites (N-methyl/N-ethyl adjacent to an activating group) is 1. The lowest BCUT2D eigenvalue weighted by atomic mass is 9.90. The zero-order valence-corrected chi connectivity index (χ0v) is 13.7. The van der Waals surface area contributed by atoms with Crippen LogP contribution in [0.3, 0.4) is 0 Å². The highest BCUT2D eigenvalue weighted by atomic mass is 16.1. The average molecular weight is 283 g/mol. The van der Waals surface area contributed by atoms with Gasteiger partial charge in [0.15, 0.2) is 0 Å². The molecule has 0 spiro atoms. The molecule has 20 heavy (non-hydrogen) atoms. The molecule has 1 rings (SSSR count). The van der Waals surface area contributed by atoms with E-state index in [2.05, 4.69) is 37.9 Å². The zero-order chi connectivity index (χ0) is 15.2. The summed E-state index contributed by atoms with van der Waals surface area (Å²) < 4.78 is 0. The van der Waals surface area contributed by atoms with E-state index in [1.807, 2.05) is 0 Å². The van der Waals surface area contributed by atoms with Gasteiger partial charge in [0.2, 0.25) is 5.91 Å². The van der Waals surface area contributed by atoms with Crippen LogP contribution in [-0.2, 0) is 4.79 Å². The van der Waals surface area contributed by atoms with Crippen LogP contribution in [0.15, 0.2) is 0 Å². The molecule has 0 aromatic carbocycles. The summed E-state index contributed by atoms with van der Waals surface area (Å²) in [5, 5.41) is 3.42. The molecule has 3 N–H and O–H groups in total. The lowest BCUT2D eigenvalue weighted by Crippen LogP contribution is -2.64. The van der Waals surface area contributed by atoms with Crippen molar-refractivity contribution in [2.75, 3.05) is 19.6 Å². The molecule has 1 atom stereocenters. The highest BCUT2D eigenvalue weighted by molar-refractivity contribution is 5.86. The van der Waals surface area contributed by atoms with Crippen LogP contribution < -0.4 is 11.1 Å². The van der Waals surface area contributed by atoms with E-state index in [9.17, 15) is 4.79 Å². The zero-order valence-electron chi connectivity index (χ0n) is 13.7. The number of carbonyl (C=O) groups excluding carboxylic acids is 1. The maximum absolute atomic E-state index is 12.1. The molecule has 0 saturated heterocycles. The van der Waals surface area contributed by atoms with Crippen LogP contribution in [0.1, 0.15) is 59.8 Å². The van der Waals surface area contributed by atoms with Crippen LogP contribution in [0.25, 0.3) is 0 Å². The highest BCUT2D eigenvalue weighted by Crippen LogP contribution is 2.40. The first kappa shape index (κ1) is 17.4. The molecular weight excluding hydrogens is 250 g/mol. The molecule has 1 saturated carbocycles.